The molecule has 3 amide bonds. The van der Waals surface area contributed by atoms with Gasteiger partial charge in [-0.15, -0.1) is 0 Å². The molecule has 0 aromatic heterocycles. The van der Waals surface area contributed by atoms with E-state index >= 15 is 0 Å². The van der Waals surface area contributed by atoms with Crippen LogP contribution in [0.2, 0.25) is 10.0 Å². The lowest BCUT2D eigenvalue weighted by molar-refractivity contribution is -0.127. The third-order valence-corrected chi connectivity index (χ3v) is 7.39. The highest BCUT2D eigenvalue weighted by atomic mass is 79.9. The highest BCUT2D eigenvalue weighted by Crippen LogP contribution is 2.34. The van der Waals surface area contributed by atoms with Crippen LogP contribution < -0.4 is 14.8 Å². The summed E-state index contributed by atoms with van der Waals surface area (Å²) in [7, 11) is 0. The van der Waals surface area contributed by atoms with Crippen LogP contribution in [-0.2, 0) is 16.2 Å². The molecule has 3 aromatic rings. The minimum absolute atomic E-state index is 0.220. The first-order valence-corrected chi connectivity index (χ1v) is 13.7. The van der Waals surface area contributed by atoms with Crippen LogP contribution >= 0.6 is 50.9 Å². The average Bonchev–Trinajstić information content (AvgIpc) is 3.13. The molecule has 1 aliphatic heterocycles. The van der Waals surface area contributed by atoms with Crippen LogP contribution in [0.15, 0.2) is 70.0 Å². The molecule has 11 heteroatoms. The van der Waals surface area contributed by atoms with Gasteiger partial charge in [0.25, 0.3) is 11.1 Å². The number of rotatable bonds is 9. The zero-order valence-corrected chi connectivity index (χ0v) is 23.9. The molecule has 0 unspecified atom stereocenters. The van der Waals surface area contributed by atoms with Crippen molar-refractivity contribution in [2.75, 3.05) is 18.5 Å². The second-order valence-corrected chi connectivity index (χ2v) is 10.7. The standard InChI is InChI=1S/C27H21BrCl2N2O5S/c1-2-36-20-8-6-19(7-9-20)31-25(33)14-32-26(34)24(38-27(32)35)12-16-3-10-23(21(28)11-16)37-15-17-4-5-18(29)13-22(17)30/h3-13H,2,14-15H2,1H3,(H,31,33)/b24-12+. The summed E-state index contributed by atoms with van der Waals surface area (Å²) in [5.74, 6) is 0.240. The second kappa shape index (κ2) is 12.7. The molecule has 38 heavy (non-hydrogen) atoms. The summed E-state index contributed by atoms with van der Waals surface area (Å²) in [6, 6.07) is 17.3. The first-order chi connectivity index (χ1) is 18.2. The third-order valence-electron chi connectivity index (χ3n) is 5.28. The fourth-order valence-corrected chi connectivity index (χ4v) is 5.26. The van der Waals surface area contributed by atoms with Crippen molar-refractivity contribution < 1.29 is 23.9 Å². The first kappa shape index (κ1) is 28.0. The van der Waals surface area contributed by atoms with Gasteiger partial charge in [0.1, 0.15) is 24.7 Å². The van der Waals surface area contributed by atoms with Gasteiger partial charge >= 0.3 is 0 Å². The maximum absolute atomic E-state index is 12.9. The van der Waals surface area contributed by atoms with Crippen molar-refractivity contribution in [2.45, 2.75) is 13.5 Å². The molecular weight excluding hydrogens is 615 g/mol. The number of amides is 3. The highest BCUT2D eigenvalue weighted by molar-refractivity contribution is 9.10. The Kier molecular flexibility index (Phi) is 9.38. The molecule has 1 N–H and O–H groups in total. The predicted octanol–water partition coefficient (Wildman–Crippen LogP) is 7.41. The minimum Gasteiger partial charge on any atom is -0.494 e. The van der Waals surface area contributed by atoms with Crippen molar-refractivity contribution in [1.82, 2.24) is 4.90 Å². The summed E-state index contributed by atoms with van der Waals surface area (Å²) in [6.45, 7) is 2.27. The monoisotopic (exact) mass is 634 g/mol. The Balaban J connectivity index is 1.37. The van der Waals surface area contributed by atoms with Gasteiger partial charge in [-0.1, -0.05) is 35.3 Å². The van der Waals surface area contributed by atoms with E-state index in [1.807, 2.05) is 6.92 Å². The van der Waals surface area contributed by atoms with Crippen LogP contribution in [0, 0.1) is 0 Å². The van der Waals surface area contributed by atoms with Crippen LogP contribution in [0.4, 0.5) is 10.5 Å². The van der Waals surface area contributed by atoms with Crippen molar-refractivity contribution in [3.05, 3.63) is 91.2 Å². The van der Waals surface area contributed by atoms with E-state index in [1.54, 1.807) is 66.7 Å². The van der Waals surface area contributed by atoms with Crippen molar-refractivity contribution in [2.24, 2.45) is 0 Å². The maximum atomic E-state index is 12.9. The van der Waals surface area contributed by atoms with Crippen LogP contribution in [-0.4, -0.2) is 35.1 Å². The number of carbonyl (C=O) groups is 3. The molecule has 3 aromatic carbocycles. The van der Waals surface area contributed by atoms with Crippen molar-refractivity contribution in [3.63, 3.8) is 0 Å². The highest BCUT2D eigenvalue weighted by Gasteiger charge is 2.36. The number of benzene rings is 3. The van der Waals surface area contributed by atoms with Crippen LogP contribution in [0.25, 0.3) is 6.08 Å². The topological polar surface area (TPSA) is 84.9 Å². The molecule has 0 bridgehead atoms. The van der Waals surface area contributed by atoms with Gasteiger partial charge in [-0.3, -0.25) is 19.3 Å². The van der Waals surface area contributed by atoms with Gasteiger partial charge in [-0.05, 0) is 94.8 Å². The number of ether oxygens (including phenoxy) is 2. The zero-order valence-electron chi connectivity index (χ0n) is 20.0. The summed E-state index contributed by atoms with van der Waals surface area (Å²) >= 11 is 16.4. The van der Waals surface area contributed by atoms with Gasteiger partial charge in [0.05, 0.1) is 16.0 Å². The molecule has 196 valence electrons. The van der Waals surface area contributed by atoms with E-state index < -0.39 is 17.1 Å². The van der Waals surface area contributed by atoms with Crippen LogP contribution in [0.1, 0.15) is 18.1 Å². The molecule has 0 spiro atoms. The van der Waals surface area contributed by atoms with Gasteiger partial charge in [-0.2, -0.15) is 0 Å². The molecule has 0 saturated carbocycles. The smallest absolute Gasteiger partial charge is 0.294 e. The summed E-state index contributed by atoms with van der Waals surface area (Å²) in [4.78, 5) is 38.9. The molecule has 1 saturated heterocycles. The van der Waals surface area contributed by atoms with Gasteiger partial charge in [0.15, 0.2) is 0 Å². The Morgan fingerprint density at radius 3 is 2.50 bits per heavy atom. The Hall–Kier alpha value is -2.98. The lowest BCUT2D eigenvalue weighted by Gasteiger charge is -2.13. The molecule has 0 atom stereocenters. The summed E-state index contributed by atoms with van der Waals surface area (Å²) in [5, 5.41) is 3.22. The van der Waals surface area contributed by atoms with Gasteiger partial charge in [0, 0.05) is 21.3 Å². The van der Waals surface area contributed by atoms with E-state index in [2.05, 4.69) is 21.2 Å². The quantitative estimate of drug-likeness (QED) is 0.247. The van der Waals surface area contributed by atoms with Gasteiger partial charge in [0.2, 0.25) is 5.91 Å². The van der Waals surface area contributed by atoms with Crippen LogP contribution in [0.3, 0.4) is 0 Å². The largest absolute Gasteiger partial charge is 0.494 e. The molecule has 1 heterocycles. The van der Waals surface area contributed by atoms with E-state index in [0.717, 1.165) is 22.2 Å². The fourth-order valence-electron chi connectivity index (χ4n) is 3.45. The molecule has 1 aliphatic rings. The van der Waals surface area contributed by atoms with E-state index in [4.69, 9.17) is 32.7 Å². The maximum Gasteiger partial charge on any atom is 0.294 e. The number of nitrogens with zero attached hydrogens (tertiary/aromatic N) is 1. The van der Waals surface area contributed by atoms with E-state index in [9.17, 15) is 14.4 Å². The molecule has 0 aliphatic carbocycles. The Morgan fingerprint density at radius 2 is 1.82 bits per heavy atom. The lowest BCUT2D eigenvalue weighted by atomic mass is 10.2. The Morgan fingerprint density at radius 1 is 1.05 bits per heavy atom. The average molecular weight is 636 g/mol. The zero-order chi connectivity index (χ0) is 27.2. The lowest BCUT2D eigenvalue weighted by Crippen LogP contribution is -2.36. The fraction of sp³-hybridized carbons (Fsp3) is 0.148. The number of halogens is 3. The Bertz CT molecular complexity index is 1420. The first-order valence-electron chi connectivity index (χ1n) is 11.4. The molecule has 0 radical (unpaired) electrons. The number of thioether (sulfide) groups is 1. The summed E-state index contributed by atoms with van der Waals surface area (Å²) in [5.41, 5.74) is 2.00. The van der Waals surface area contributed by atoms with E-state index in [1.165, 1.54) is 0 Å². The van der Waals surface area contributed by atoms with E-state index in [-0.39, 0.29) is 18.1 Å². The number of carbonyl (C=O) groups excluding carboxylic acids is 3. The second-order valence-electron chi connectivity index (χ2n) is 7.99. The normalized spacial score (nSPS) is 14.2. The number of hydrogen-bond acceptors (Lipinski definition) is 6. The molecule has 1 fully saturated rings. The third kappa shape index (κ3) is 7.11. The molecular formula is C27H21BrCl2N2O5S. The van der Waals surface area contributed by atoms with Crippen molar-refractivity contribution in [1.29, 1.82) is 0 Å². The molecule has 7 nitrogen and oxygen atoms in total. The minimum atomic E-state index is -0.532. The SMILES string of the molecule is CCOc1ccc(NC(=O)CN2C(=O)S/C(=C/c3ccc(OCc4ccc(Cl)cc4Cl)c(Br)c3)C2=O)cc1. The van der Waals surface area contributed by atoms with E-state index in [0.29, 0.717) is 43.9 Å². The molecule has 4 rings (SSSR count). The van der Waals surface area contributed by atoms with Crippen LogP contribution in [0.5, 0.6) is 11.5 Å². The van der Waals surface area contributed by atoms with Gasteiger partial charge in [-0.25, -0.2) is 0 Å². The number of anilines is 1. The van der Waals surface area contributed by atoms with Gasteiger partial charge < -0.3 is 14.8 Å². The number of hydrogen-bond donors (Lipinski definition) is 1. The van der Waals surface area contributed by atoms with Crippen molar-refractivity contribution >= 4 is 79.7 Å². The number of imide groups is 1. The van der Waals surface area contributed by atoms with Crippen molar-refractivity contribution in [3.8, 4) is 11.5 Å². The summed E-state index contributed by atoms with van der Waals surface area (Å²) < 4.78 is 11.9. The number of nitrogens with one attached hydrogen (secondary N) is 1. The summed E-state index contributed by atoms with van der Waals surface area (Å²) in [6.07, 6.45) is 1.60. The predicted molar refractivity (Wildman–Crippen MR) is 154 cm³/mol. The Labute approximate surface area is 242 Å².